The van der Waals surface area contributed by atoms with Crippen molar-refractivity contribution in [3.05, 3.63) is 54.0 Å². The summed E-state index contributed by atoms with van der Waals surface area (Å²) in [6.07, 6.45) is 2.51. The molecule has 0 aliphatic heterocycles. The molecule has 0 saturated carbocycles. The molecule has 2 N–H and O–H groups in total. The Labute approximate surface area is 120 Å². The van der Waals surface area contributed by atoms with Gasteiger partial charge in [0.15, 0.2) is 6.10 Å². The zero-order chi connectivity index (χ0) is 14.5. The second-order valence-electron chi connectivity index (χ2n) is 5.29. The lowest BCUT2D eigenvalue weighted by Crippen LogP contribution is -2.28. The average Bonchev–Trinajstić information content (AvgIpc) is 2.98. The number of nitrogens with two attached hydrogens (primary N) is 1. The smallest absolute Gasteiger partial charge is 0.171 e. The summed E-state index contributed by atoms with van der Waals surface area (Å²) in [6.45, 7) is 6.34. The van der Waals surface area contributed by atoms with Gasteiger partial charge in [0.2, 0.25) is 0 Å². The third-order valence-electron chi connectivity index (χ3n) is 3.63. The van der Waals surface area contributed by atoms with Crippen molar-refractivity contribution < 1.29 is 9.15 Å². The van der Waals surface area contributed by atoms with Crippen molar-refractivity contribution in [1.82, 2.24) is 0 Å². The molecule has 0 aliphatic rings. The zero-order valence-corrected chi connectivity index (χ0v) is 12.4. The van der Waals surface area contributed by atoms with E-state index in [1.807, 2.05) is 31.2 Å². The Morgan fingerprint density at radius 3 is 2.35 bits per heavy atom. The summed E-state index contributed by atoms with van der Waals surface area (Å²) in [5.41, 5.74) is 7.32. The highest BCUT2D eigenvalue weighted by atomic mass is 16.5. The molecular formula is C17H23NO2. The maximum atomic E-state index is 5.99. The van der Waals surface area contributed by atoms with Gasteiger partial charge in [-0.2, -0.15) is 0 Å². The fourth-order valence-electron chi connectivity index (χ4n) is 2.13. The summed E-state index contributed by atoms with van der Waals surface area (Å²) in [5, 5.41) is 0. The van der Waals surface area contributed by atoms with Gasteiger partial charge >= 0.3 is 0 Å². The van der Waals surface area contributed by atoms with Crippen LogP contribution in [0.1, 0.15) is 50.5 Å². The molecule has 1 aromatic heterocycles. The van der Waals surface area contributed by atoms with Crippen molar-refractivity contribution in [2.45, 2.75) is 45.3 Å². The van der Waals surface area contributed by atoms with E-state index < -0.39 is 0 Å². The predicted octanol–water partition coefficient (Wildman–Crippen LogP) is 4.26. The predicted molar refractivity (Wildman–Crippen MR) is 80.9 cm³/mol. The van der Waals surface area contributed by atoms with Crippen LogP contribution >= 0.6 is 0 Å². The SMILES string of the molecule is CCC(C)c1ccc(OC(c2ccco2)C(C)N)cc1. The largest absolute Gasteiger partial charge is 0.481 e. The Bertz CT molecular complexity index is 502. The van der Waals surface area contributed by atoms with Gasteiger partial charge in [-0.3, -0.25) is 0 Å². The minimum atomic E-state index is -0.264. The van der Waals surface area contributed by atoms with E-state index in [0.717, 1.165) is 17.9 Å². The van der Waals surface area contributed by atoms with Crippen LogP contribution in [0.3, 0.4) is 0 Å². The van der Waals surface area contributed by atoms with E-state index in [9.17, 15) is 0 Å². The number of rotatable bonds is 6. The van der Waals surface area contributed by atoms with Crippen molar-refractivity contribution >= 4 is 0 Å². The lowest BCUT2D eigenvalue weighted by molar-refractivity contribution is 0.153. The van der Waals surface area contributed by atoms with Crippen LogP contribution in [0, 0.1) is 0 Å². The van der Waals surface area contributed by atoms with Crippen molar-refractivity contribution in [3.8, 4) is 5.75 Å². The van der Waals surface area contributed by atoms with Gasteiger partial charge in [0.05, 0.1) is 6.26 Å². The Morgan fingerprint density at radius 1 is 1.15 bits per heavy atom. The summed E-state index contributed by atoms with van der Waals surface area (Å²) >= 11 is 0. The molecule has 3 nitrogen and oxygen atoms in total. The van der Waals surface area contributed by atoms with Crippen LogP contribution in [0.15, 0.2) is 47.1 Å². The molecule has 108 valence electrons. The van der Waals surface area contributed by atoms with Gasteiger partial charge < -0.3 is 14.9 Å². The van der Waals surface area contributed by atoms with Gasteiger partial charge in [-0.25, -0.2) is 0 Å². The lowest BCUT2D eigenvalue weighted by Gasteiger charge is -2.21. The van der Waals surface area contributed by atoms with Gasteiger partial charge in [0.1, 0.15) is 11.5 Å². The molecule has 0 spiro atoms. The zero-order valence-electron chi connectivity index (χ0n) is 12.4. The molecule has 0 saturated heterocycles. The Kier molecular flexibility index (Phi) is 4.85. The minimum Gasteiger partial charge on any atom is -0.481 e. The third-order valence-corrected chi connectivity index (χ3v) is 3.63. The van der Waals surface area contributed by atoms with Gasteiger partial charge in [-0.15, -0.1) is 0 Å². The normalized spacial score (nSPS) is 15.6. The van der Waals surface area contributed by atoms with Crippen LogP contribution < -0.4 is 10.5 Å². The molecule has 0 amide bonds. The van der Waals surface area contributed by atoms with Crippen LogP contribution in [-0.2, 0) is 0 Å². The molecule has 3 atom stereocenters. The molecule has 1 heterocycles. The number of hydrogen-bond donors (Lipinski definition) is 1. The van der Waals surface area contributed by atoms with E-state index in [0.29, 0.717) is 5.92 Å². The van der Waals surface area contributed by atoms with Crippen LogP contribution in [0.5, 0.6) is 5.75 Å². The molecule has 0 aliphatic carbocycles. The second-order valence-corrected chi connectivity index (χ2v) is 5.29. The van der Waals surface area contributed by atoms with Crippen LogP contribution in [0.2, 0.25) is 0 Å². The first-order valence-electron chi connectivity index (χ1n) is 7.17. The van der Waals surface area contributed by atoms with Gasteiger partial charge in [-0.1, -0.05) is 26.0 Å². The summed E-state index contributed by atoms with van der Waals surface area (Å²) in [6, 6.07) is 11.8. The monoisotopic (exact) mass is 273 g/mol. The van der Waals surface area contributed by atoms with E-state index in [4.69, 9.17) is 14.9 Å². The number of furan rings is 1. The molecular weight excluding hydrogens is 250 g/mol. The van der Waals surface area contributed by atoms with Gasteiger partial charge in [0.25, 0.3) is 0 Å². The Morgan fingerprint density at radius 2 is 1.85 bits per heavy atom. The molecule has 20 heavy (non-hydrogen) atoms. The van der Waals surface area contributed by atoms with Crippen LogP contribution in [-0.4, -0.2) is 6.04 Å². The Hall–Kier alpha value is -1.74. The number of hydrogen-bond acceptors (Lipinski definition) is 3. The summed E-state index contributed by atoms with van der Waals surface area (Å²) in [7, 11) is 0. The highest BCUT2D eigenvalue weighted by Crippen LogP contribution is 2.27. The molecule has 0 bridgehead atoms. The molecule has 1 aromatic carbocycles. The molecule has 2 aromatic rings. The highest BCUT2D eigenvalue weighted by molar-refractivity contribution is 5.29. The van der Waals surface area contributed by atoms with Crippen molar-refractivity contribution in [2.75, 3.05) is 0 Å². The van der Waals surface area contributed by atoms with E-state index in [1.165, 1.54) is 5.56 Å². The van der Waals surface area contributed by atoms with Crippen molar-refractivity contribution in [2.24, 2.45) is 5.73 Å². The number of benzene rings is 1. The maximum absolute atomic E-state index is 5.99. The second kappa shape index (κ2) is 6.62. The van der Waals surface area contributed by atoms with Gasteiger partial charge in [0, 0.05) is 6.04 Å². The molecule has 0 radical (unpaired) electrons. The molecule has 3 heteroatoms. The fourth-order valence-corrected chi connectivity index (χ4v) is 2.13. The van der Waals surface area contributed by atoms with Crippen LogP contribution in [0.4, 0.5) is 0 Å². The standard InChI is InChI=1S/C17H23NO2/c1-4-12(2)14-7-9-15(10-8-14)20-17(13(3)18)16-6-5-11-19-16/h5-13,17H,4,18H2,1-3H3. The fraction of sp³-hybridized carbons (Fsp3) is 0.412. The van der Waals surface area contributed by atoms with E-state index in [2.05, 4.69) is 26.0 Å². The summed E-state index contributed by atoms with van der Waals surface area (Å²) < 4.78 is 11.4. The number of ether oxygens (including phenoxy) is 1. The molecule has 2 rings (SSSR count). The van der Waals surface area contributed by atoms with Crippen LogP contribution in [0.25, 0.3) is 0 Å². The first kappa shape index (κ1) is 14.7. The lowest BCUT2D eigenvalue weighted by atomic mass is 9.99. The van der Waals surface area contributed by atoms with Crippen molar-refractivity contribution in [3.63, 3.8) is 0 Å². The van der Waals surface area contributed by atoms with E-state index >= 15 is 0 Å². The van der Waals surface area contributed by atoms with E-state index in [-0.39, 0.29) is 12.1 Å². The van der Waals surface area contributed by atoms with Crippen molar-refractivity contribution in [1.29, 1.82) is 0 Å². The Balaban J connectivity index is 2.11. The molecule has 3 unspecified atom stereocenters. The first-order chi connectivity index (χ1) is 9.61. The first-order valence-corrected chi connectivity index (χ1v) is 7.17. The van der Waals surface area contributed by atoms with Gasteiger partial charge in [-0.05, 0) is 49.1 Å². The maximum Gasteiger partial charge on any atom is 0.171 e. The topological polar surface area (TPSA) is 48.4 Å². The average molecular weight is 273 g/mol. The highest BCUT2D eigenvalue weighted by Gasteiger charge is 2.21. The summed E-state index contributed by atoms with van der Waals surface area (Å²) in [5.74, 6) is 2.14. The summed E-state index contributed by atoms with van der Waals surface area (Å²) in [4.78, 5) is 0. The molecule has 0 fully saturated rings. The third kappa shape index (κ3) is 3.42. The van der Waals surface area contributed by atoms with E-state index in [1.54, 1.807) is 6.26 Å². The quantitative estimate of drug-likeness (QED) is 0.855. The minimum absolute atomic E-state index is 0.143.